The predicted octanol–water partition coefficient (Wildman–Crippen LogP) is 2.53. The Morgan fingerprint density at radius 1 is 1.28 bits per heavy atom. The number of fused-ring (bicyclic) bond motifs is 1. The minimum Gasteiger partial charge on any atom is -0.395 e. The maximum absolute atomic E-state index is 12.1. The van der Waals surface area contributed by atoms with Crippen LogP contribution in [0.3, 0.4) is 0 Å². The van der Waals surface area contributed by atoms with E-state index in [1.54, 1.807) is 30.5 Å². The molecule has 0 bridgehead atoms. The summed E-state index contributed by atoms with van der Waals surface area (Å²) in [5.74, 6) is 0. The van der Waals surface area contributed by atoms with Gasteiger partial charge in [-0.3, -0.25) is 0 Å². The minimum atomic E-state index is -3.61. The summed E-state index contributed by atoms with van der Waals surface area (Å²) in [4.78, 5) is 7.72. The number of aromatic amines is 1. The molecular formula is C18H19N3O3S. The molecule has 1 aromatic carbocycles. The van der Waals surface area contributed by atoms with Crippen LogP contribution < -0.4 is 4.72 Å². The molecule has 0 saturated carbocycles. The molecule has 3 aromatic rings. The second kappa shape index (κ2) is 6.79. The average molecular weight is 357 g/mol. The van der Waals surface area contributed by atoms with Crippen LogP contribution in [0.1, 0.15) is 12.6 Å². The monoisotopic (exact) mass is 357 g/mol. The van der Waals surface area contributed by atoms with Gasteiger partial charge in [0.05, 0.1) is 11.5 Å². The van der Waals surface area contributed by atoms with Gasteiger partial charge < -0.3 is 10.1 Å². The van der Waals surface area contributed by atoms with Crippen LogP contribution >= 0.6 is 0 Å². The molecular weight excluding hydrogens is 338 g/mol. The van der Waals surface area contributed by atoms with Gasteiger partial charge in [0.15, 0.2) is 0 Å². The molecule has 3 rings (SSSR count). The van der Waals surface area contributed by atoms with Gasteiger partial charge in [0.25, 0.3) is 0 Å². The van der Waals surface area contributed by atoms with Crippen molar-refractivity contribution >= 4 is 26.6 Å². The Morgan fingerprint density at radius 2 is 2.00 bits per heavy atom. The Bertz CT molecular complexity index is 1020. The summed E-state index contributed by atoms with van der Waals surface area (Å²) in [7, 11) is -3.61. The van der Waals surface area contributed by atoms with Gasteiger partial charge in [0, 0.05) is 23.8 Å². The van der Waals surface area contributed by atoms with Gasteiger partial charge in [-0.25, -0.2) is 18.1 Å². The lowest BCUT2D eigenvalue weighted by Crippen LogP contribution is -2.26. The summed E-state index contributed by atoms with van der Waals surface area (Å²) in [6.07, 6.45) is 1.71. The largest absolute Gasteiger partial charge is 0.395 e. The van der Waals surface area contributed by atoms with Gasteiger partial charge in [-0.15, -0.1) is 0 Å². The number of aromatic nitrogens is 2. The van der Waals surface area contributed by atoms with E-state index in [0.29, 0.717) is 0 Å². The number of aliphatic hydroxyl groups is 1. The van der Waals surface area contributed by atoms with Crippen molar-refractivity contribution in [2.24, 2.45) is 0 Å². The summed E-state index contributed by atoms with van der Waals surface area (Å²) in [5.41, 5.74) is 4.45. The van der Waals surface area contributed by atoms with Crippen LogP contribution in [0, 0.1) is 0 Å². The number of aliphatic hydroxyl groups excluding tert-OH is 1. The van der Waals surface area contributed by atoms with Crippen LogP contribution in [0.25, 0.3) is 27.7 Å². The van der Waals surface area contributed by atoms with Gasteiger partial charge >= 0.3 is 0 Å². The SMILES string of the molecule is C=C(C)c1cc2c(-c3ccc(S(=O)(=O)NCCO)cc3)ccnc2[nH]1. The first-order chi connectivity index (χ1) is 11.9. The van der Waals surface area contributed by atoms with Crippen molar-refractivity contribution in [1.82, 2.24) is 14.7 Å². The van der Waals surface area contributed by atoms with Crippen molar-refractivity contribution in [2.45, 2.75) is 11.8 Å². The van der Waals surface area contributed by atoms with Gasteiger partial charge in [0.2, 0.25) is 10.0 Å². The lowest BCUT2D eigenvalue weighted by Gasteiger charge is -2.07. The zero-order valence-corrected chi connectivity index (χ0v) is 14.6. The van der Waals surface area contributed by atoms with Crippen LogP contribution in [0.4, 0.5) is 0 Å². The zero-order valence-electron chi connectivity index (χ0n) is 13.8. The molecule has 7 heteroatoms. The summed E-state index contributed by atoms with van der Waals surface area (Å²) >= 11 is 0. The lowest BCUT2D eigenvalue weighted by atomic mass is 10.0. The van der Waals surface area contributed by atoms with Gasteiger partial charge in [0.1, 0.15) is 5.65 Å². The quantitative estimate of drug-likeness (QED) is 0.632. The van der Waals surface area contributed by atoms with Crippen molar-refractivity contribution in [2.75, 3.05) is 13.2 Å². The molecule has 2 aromatic heterocycles. The number of hydrogen-bond acceptors (Lipinski definition) is 4. The predicted molar refractivity (Wildman–Crippen MR) is 98.5 cm³/mol. The number of pyridine rings is 1. The minimum absolute atomic E-state index is 0.0118. The molecule has 25 heavy (non-hydrogen) atoms. The molecule has 0 saturated heterocycles. The summed E-state index contributed by atoms with van der Waals surface area (Å²) < 4.78 is 26.5. The molecule has 130 valence electrons. The average Bonchev–Trinajstić information content (AvgIpc) is 3.05. The number of nitrogens with one attached hydrogen (secondary N) is 2. The molecule has 0 radical (unpaired) electrons. The Labute approximate surface area is 146 Å². The fourth-order valence-corrected chi connectivity index (χ4v) is 3.61. The Balaban J connectivity index is 2.00. The molecule has 6 nitrogen and oxygen atoms in total. The van der Waals surface area contributed by atoms with Crippen molar-refractivity contribution in [3.05, 3.63) is 54.9 Å². The fraction of sp³-hybridized carbons (Fsp3) is 0.167. The van der Waals surface area contributed by atoms with Crippen molar-refractivity contribution in [3.63, 3.8) is 0 Å². The molecule has 0 spiro atoms. The third-order valence-corrected chi connectivity index (χ3v) is 5.35. The molecule has 0 aliphatic heterocycles. The van der Waals surface area contributed by atoms with E-state index in [-0.39, 0.29) is 18.0 Å². The number of nitrogens with zero attached hydrogens (tertiary/aromatic N) is 1. The number of hydrogen-bond donors (Lipinski definition) is 3. The molecule has 2 heterocycles. The smallest absolute Gasteiger partial charge is 0.240 e. The lowest BCUT2D eigenvalue weighted by molar-refractivity contribution is 0.301. The van der Waals surface area contributed by atoms with E-state index in [1.165, 1.54) is 0 Å². The van der Waals surface area contributed by atoms with Gasteiger partial charge in [-0.1, -0.05) is 18.7 Å². The highest BCUT2D eigenvalue weighted by Gasteiger charge is 2.14. The first-order valence-electron chi connectivity index (χ1n) is 7.77. The summed E-state index contributed by atoms with van der Waals surface area (Å²) in [5, 5.41) is 9.72. The van der Waals surface area contributed by atoms with Crippen LogP contribution in [0.15, 0.2) is 54.1 Å². The molecule has 0 amide bonds. The summed E-state index contributed by atoms with van der Waals surface area (Å²) in [6.45, 7) is 5.60. The highest BCUT2D eigenvalue weighted by molar-refractivity contribution is 7.89. The highest BCUT2D eigenvalue weighted by Crippen LogP contribution is 2.30. The number of sulfonamides is 1. The molecule has 0 unspecified atom stereocenters. The van der Waals surface area contributed by atoms with E-state index in [1.807, 2.05) is 19.1 Å². The molecule has 3 N–H and O–H groups in total. The van der Waals surface area contributed by atoms with E-state index in [2.05, 4.69) is 21.3 Å². The zero-order chi connectivity index (χ0) is 18.0. The van der Waals surface area contributed by atoms with Crippen LogP contribution in [-0.2, 0) is 10.0 Å². The normalized spacial score (nSPS) is 11.8. The fourth-order valence-electron chi connectivity index (χ4n) is 2.59. The van der Waals surface area contributed by atoms with E-state index < -0.39 is 10.0 Å². The number of rotatable bonds is 6. The van der Waals surface area contributed by atoms with E-state index in [4.69, 9.17) is 5.11 Å². The molecule has 0 atom stereocenters. The van der Waals surface area contributed by atoms with Crippen molar-refractivity contribution in [1.29, 1.82) is 0 Å². The molecule has 0 fully saturated rings. The van der Waals surface area contributed by atoms with Gasteiger partial charge in [-0.2, -0.15) is 0 Å². The van der Waals surface area contributed by atoms with E-state index in [0.717, 1.165) is 33.4 Å². The number of H-pyrrole nitrogens is 1. The second-order valence-corrected chi connectivity index (χ2v) is 7.50. The van der Waals surface area contributed by atoms with E-state index in [9.17, 15) is 8.42 Å². The van der Waals surface area contributed by atoms with Crippen LogP contribution in [0.2, 0.25) is 0 Å². The molecule has 0 aliphatic rings. The third kappa shape index (κ3) is 3.48. The first kappa shape index (κ1) is 17.3. The number of benzene rings is 1. The third-order valence-electron chi connectivity index (χ3n) is 3.87. The van der Waals surface area contributed by atoms with Crippen LogP contribution in [-0.4, -0.2) is 36.6 Å². The Hall–Kier alpha value is -2.48. The maximum Gasteiger partial charge on any atom is 0.240 e. The topological polar surface area (TPSA) is 95.1 Å². The standard InChI is InChI=1S/C18H19N3O3S/c1-12(2)17-11-16-15(7-8-19-18(16)21-17)13-3-5-14(6-4-13)25(23,24)20-9-10-22/h3-8,11,20,22H,1,9-10H2,2H3,(H,19,21). The first-order valence-corrected chi connectivity index (χ1v) is 9.25. The van der Waals surface area contributed by atoms with Gasteiger partial charge in [-0.05, 0) is 47.9 Å². The van der Waals surface area contributed by atoms with Crippen molar-refractivity contribution < 1.29 is 13.5 Å². The second-order valence-electron chi connectivity index (χ2n) is 5.73. The Morgan fingerprint density at radius 3 is 2.64 bits per heavy atom. The molecule has 0 aliphatic carbocycles. The highest BCUT2D eigenvalue weighted by atomic mass is 32.2. The Kier molecular flexibility index (Phi) is 4.71. The summed E-state index contributed by atoms with van der Waals surface area (Å²) in [6, 6.07) is 10.5. The van der Waals surface area contributed by atoms with Crippen molar-refractivity contribution in [3.8, 4) is 11.1 Å². The van der Waals surface area contributed by atoms with Crippen LogP contribution in [0.5, 0.6) is 0 Å². The number of allylic oxidation sites excluding steroid dienone is 1. The van der Waals surface area contributed by atoms with E-state index >= 15 is 0 Å². The maximum atomic E-state index is 12.1.